The molecular weight excluding hydrogens is 1870 g/mol. The lowest BCUT2D eigenvalue weighted by molar-refractivity contribution is -0.127. The van der Waals surface area contributed by atoms with Gasteiger partial charge in [0.05, 0.1) is 88.9 Å². The Bertz CT molecular complexity index is 7760. The van der Waals surface area contributed by atoms with Gasteiger partial charge in [-0.2, -0.15) is 25.7 Å². The number of amides is 4. The molecule has 4 aliphatic heterocycles. The van der Waals surface area contributed by atoms with Crippen LogP contribution in [-0.4, -0.2) is 208 Å². The number of carbonyl (C=O) groups excluding carboxylic acids is 4. The number of pyridine rings is 4. The molecule has 0 spiro atoms. The van der Waals surface area contributed by atoms with Gasteiger partial charge in [-0.1, -0.05) is 109 Å². The predicted octanol–water partition coefficient (Wildman–Crippen LogP) is 21.7. The number of anilines is 4. The van der Waals surface area contributed by atoms with Gasteiger partial charge in [0, 0.05) is 241 Å². The quantitative estimate of drug-likeness (QED) is 0.0757. The van der Waals surface area contributed by atoms with Crippen LogP contribution < -0.4 is 19.6 Å². The Morgan fingerprint density at radius 2 is 0.716 bits per heavy atom. The highest BCUT2D eigenvalue weighted by Crippen LogP contribution is 2.52. The van der Waals surface area contributed by atoms with E-state index < -0.39 is 23.3 Å². The summed E-state index contributed by atoms with van der Waals surface area (Å²) in [6, 6.07) is 25.4. The third-order valence-electron chi connectivity index (χ3n) is 28.1. The lowest BCUT2D eigenvalue weighted by Crippen LogP contribution is -2.48. The summed E-state index contributed by atoms with van der Waals surface area (Å²) in [5.41, 5.74) is 20.6. The molecule has 6 fully saturated rings. The van der Waals surface area contributed by atoms with Crippen molar-refractivity contribution in [1.82, 2.24) is 79.5 Å². The number of piperazine rings is 4. The maximum absolute atomic E-state index is 16.4. The monoisotopic (exact) mass is 1970 g/mol. The summed E-state index contributed by atoms with van der Waals surface area (Å²) in [5, 5.41) is 41.2. The lowest BCUT2D eigenvalue weighted by atomic mass is 9.92. The first-order chi connectivity index (χ1) is 67.9. The van der Waals surface area contributed by atoms with Gasteiger partial charge in [-0.05, 0) is 181 Å². The van der Waals surface area contributed by atoms with Crippen molar-refractivity contribution >= 4 is 180 Å². The van der Waals surface area contributed by atoms with Gasteiger partial charge in [0.15, 0.2) is 23.3 Å². The molecule has 12 heterocycles. The van der Waals surface area contributed by atoms with Crippen LogP contribution in [0.15, 0.2) is 161 Å². The van der Waals surface area contributed by atoms with Crippen molar-refractivity contribution in [2.45, 2.75) is 93.0 Å². The molecule has 8 aromatic heterocycles. The summed E-state index contributed by atoms with van der Waals surface area (Å²) in [6.45, 7) is 39.1. The van der Waals surface area contributed by atoms with Crippen molar-refractivity contribution in [3.8, 4) is 50.6 Å². The number of rotatable bonds is 14. The van der Waals surface area contributed by atoms with E-state index in [1.54, 1.807) is 55.1 Å². The van der Waals surface area contributed by atoms with Gasteiger partial charge in [-0.25, -0.2) is 17.6 Å². The van der Waals surface area contributed by atoms with Crippen molar-refractivity contribution in [2.24, 2.45) is 7.05 Å². The number of nitriles is 1. The average Bonchev–Trinajstić information content (AvgIpc) is 1.58. The fourth-order valence-electron chi connectivity index (χ4n) is 20.8. The number of aryl methyl sites for hydroxylation is 9. The minimum absolute atomic E-state index is 0.0703. The first-order valence-electron chi connectivity index (χ1n) is 46.9. The van der Waals surface area contributed by atoms with E-state index in [0.717, 1.165) is 159 Å². The molecule has 33 heteroatoms. The molecule has 8 aromatic carbocycles. The van der Waals surface area contributed by atoms with Gasteiger partial charge in [0.2, 0.25) is 23.6 Å². The van der Waals surface area contributed by atoms with Crippen LogP contribution in [0.1, 0.15) is 93.5 Å². The number of H-pyrrole nitrogens is 2. The van der Waals surface area contributed by atoms with Gasteiger partial charge in [-0.3, -0.25) is 58.7 Å². The van der Waals surface area contributed by atoms with E-state index in [9.17, 15) is 24.4 Å². The Kier molecular flexibility index (Phi) is 26.2. The minimum Gasteiger partial charge on any atom is -0.367 e. The summed E-state index contributed by atoms with van der Waals surface area (Å²) in [6.07, 6.45) is 19.8. The van der Waals surface area contributed by atoms with Crippen molar-refractivity contribution in [3.05, 3.63) is 260 Å². The molecule has 2 aliphatic carbocycles. The molecule has 4 saturated heterocycles. The fraction of sp³-hybridized carbons (Fsp3) is 0.287. The molecule has 4 amide bonds. The highest BCUT2D eigenvalue weighted by molar-refractivity contribution is 6.37. The van der Waals surface area contributed by atoms with Crippen LogP contribution in [0.25, 0.3) is 132 Å². The maximum atomic E-state index is 16.4. The summed E-state index contributed by atoms with van der Waals surface area (Å²) in [4.78, 5) is 81.4. The van der Waals surface area contributed by atoms with E-state index in [4.69, 9.17) is 46.4 Å². The number of benzene rings is 8. The Labute approximate surface area is 830 Å². The van der Waals surface area contributed by atoms with Crippen LogP contribution >= 0.6 is 46.4 Å². The van der Waals surface area contributed by atoms with Crippen LogP contribution in [0.3, 0.4) is 0 Å². The van der Waals surface area contributed by atoms with Gasteiger partial charge in [-0.15, -0.1) is 0 Å². The van der Waals surface area contributed by atoms with E-state index in [0.29, 0.717) is 192 Å². The summed E-state index contributed by atoms with van der Waals surface area (Å²) >= 11 is 27.4. The van der Waals surface area contributed by atoms with Crippen LogP contribution in [0.5, 0.6) is 0 Å². The Balaban J connectivity index is 0.000000120. The second kappa shape index (κ2) is 38.7. The zero-order valence-corrected chi connectivity index (χ0v) is 82.5. The molecule has 0 unspecified atom stereocenters. The van der Waals surface area contributed by atoms with E-state index in [2.05, 4.69) is 97.6 Å². The van der Waals surface area contributed by atoms with E-state index >= 15 is 17.6 Å². The van der Waals surface area contributed by atoms with E-state index in [1.807, 2.05) is 145 Å². The smallest absolute Gasteiger partial charge is 0.246 e. The van der Waals surface area contributed by atoms with Gasteiger partial charge in [0.25, 0.3) is 0 Å². The second-order valence-corrected chi connectivity index (χ2v) is 38.5. The normalized spacial score (nSPS) is 15.2. The zero-order chi connectivity index (χ0) is 99.3. The van der Waals surface area contributed by atoms with Crippen LogP contribution in [0.4, 0.5) is 40.3 Å². The first-order valence-corrected chi connectivity index (χ1v) is 48.4. The molecule has 16 aromatic rings. The number of fused-ring (bicyclic) bond motifs is 8. The Morgan fingerprint density at radius 3 is 1.10 bits per heavy atom. The van der Waals surface area contributed by atoms with E-state index in [1.165, 1.54) is 30.5 Å². The van der Waals surface area contributed by atoms with E-state index in [-0.39, 0.29) is 45.2 Å². The predicted molar refractivity (Wildman–Crippen MR) is 554 cm³/mol. The minimum atomic E-state index is -0.521. The van der Waals surface area contributed by atoms with Crippen molar-refractivity contribution in [1.29, 1.82) is 5.26 Å². The molecule has 0 radical (unpaired) electrons. The molecular formula is C108H101Cl4F4N21O4. The molecule has 141 heavy (non-hydrogen) atoms. The first kappa shape index (κ1) is 95.6. The average molecular weight is 1970 g/mol. The fourth-order valence-corrected chi connectivity index (χ4v) is 21.9. The Hall–Kier alpha value is -14.3. The largest absolute Gasteiger partial charge is 0.367 e. The number of nitrogens with zero attached hydrogens (tertiary/aromatic N) is 19. The summed E-state index contributed by atoms with van der Waals surface area (Å²) in [7, 11) is 1.84. The maximum Gasteiger partial charge on any atom is 0.246 e. The number of aromatic nitrogens is 12. The molecule has 6 aliphatic rings. The van der Waals surface area contributed by atoms with Gasteiger partial charge < -0.3 is 39.2 Å². The molecule has 0 atom stereocenters. The van der Waals surface area contributed by atoms with Gasteiger partial charge in [0.1, 0.15) is 28.1 Å². The number of halogens is 8. The molecule has 2 N–H and O–H groups in total. The third kappa shape index (κ3) is 17.3. The van der Waals surface area contributed by atoms with Crippen LogP contribution in [-0.2, 0) is 26.2 Å². The zero-order valence-electron chi connectivity index (χ0n) is 79.5. The van der Waals surface area contributed by atoms with Crippen LogP contribution in [0.2, 0.25) is 20.1 Å². The highest BCUT2D eigenvalue weighted by Gasteiger charge is 2.37. The number of nitrogens with one attached hydrogen (secondary N) is 2. The standard InChI is InChI=1S/C28H24ClFN6O.C28H27ClFN5O.2C26H25ClFN5O/c1-3-22(37)34-8-10-35(11-9-34)27-18(13-31)14-32-26-20(27)12-21(29)24(25(26)30)23-16(2)4-5-17-15-33-36(28(17)23)19-6-7-19;1-4-21(36)34-9-11-35(12-10-34)28-16(3)14-31-27-18(28)13-19(29)23(25(27)30)22-15(2)5-8-20-24(22)26(33-32-20)17-6-7-17;1-5-20(34)32-8-10-33(11-9-32)25-16(3)13-29-24-18(25)12-19(27)22(23(24)28)21-15(2)6-7-17-14-30-31(4)26(17)21;1-5-20(34)32-8-10-33(11-9-32)26-15(3)13-29-25-17(26)12-18(27)23(24(25)28)21-14(2)6-7-19-22(21)16(4)30-31-19/h3-5,12,14-15,19H,1,6-11H2,2H3;4-5,8,13-14,17H,1,6-7,9-12H2,2-3H3,(H,32,33);5-7,12-14H,1,8-11H2,2-4H3;5-7,12-13H,1,8-11H2,2-4H3,(H,30,31). The van der Waals surface area contributed by atoms with Crippen molar-refractivity contribution < 1.29 is 36.7 Å². The highest BCUT2D eigenvalue weighted by atomic mass is 35.5. The molecule has 22 rings (SSSR count). The number of hydrogen-bond donors (Lipinski definition) is 2. The number of carbonyl (C=O) groups is 4. The van der Waals surface area contributed by atoms with Gasteiger partial charge >= 0.3 is 0 Å². The summed E-state index contributed by atoms with van der Waals surface area (Å²) in [5.74, 6) is -1.75. The molecule has 0 bridgehead atoms. The molecule has 25 nitrogen and oxygen atoms in total. The van der Waals surface area contributed by atoms with Crippen molar-refractivity contribution in [3.63, 3.8) is 0 Å². The number of hydrogen-bond acceptors (Lipinski definition) is 17. The Morgan fingerprint density at radius 1 is 0.390 bits per heavy atom. The molecule has 718 valence electrons. The topological polar surface area (TPSA) is 263 Å². The SMILES string of the molecule is C=CC(=O)N1CCN(c2c(C#N)cnc3c(F)c(-c4c(C)ccc5cnn(C6CC6)c45)c(Cl)cc23)CC1.C=CC(=O)N1CCN(c2c(C)cnc3c(F)c(-c4c(C)ccc5cnn(C)c45)c(Cl)cc23)CC1.C=CC(=O)N1CCN(c2c(C)cnc3c(F)c(-c4c(C)ccc5n[nH]c(C)c45)c(Cl)cc23)CC1.C=CC(=O)N1CCN(c2c(C)cnc3c(F)c(-c4c(C)ccc5n[nH]c(C6CC6)c45)c(Cl)cc23)CC1. The second-order valence-electron chi connectivity index (χ2n) is 36.9. The lowest BCUT2D eigenvalue weighted by Gasteiger charge is -2.37. The summed E-state index contributed by atoms with van der Waals surface area (Å²) < 4.78 is 69.0. The van der Waals surface area contributed by atoms with Crippen molar-refractivity contribution in [2.75, 3.05) is 124 Å². The molecule has 2 saturated carbocycles. The number of aromatic amines is 2. The van der Waals surface area contributed by atoms with Crippen LogP contribution in [0, 0.1) is 90.0 Å². The third-order valence-corrected chi connectivity index (χ3v) is 29.3.